The number of hydrogen-bond acceptors (Lipinski definition) is 1. The summed E-state index contributed by atoms with van der Waals surface area (Å²) in [5.74, 6) is 0. The second-order valence-corrected chi connectivity index (χ2v) is 3.27. The lowest BCUT2D eigenvalue weighted by atomic mass is 10.1. The standard InChI is InChI=1S/C9H9Cl2N/c1-2-9(12)7-4-3-6(10)5-8(7)11/h2-5,9H,1,12H2/t9-/m0/s1. The molecule has 0 aliphatic carbocycles. The Hall–Kier alpha value is -0.500. The van der Waals surface area contributed by atoms with Crippen LogP contribution in [0, 0.1) is 0 Å². The molecule has 0 aliphatic rings. The summed E-state index contributed by atoms with van der Waals surface area (Å²) in [5.41, 5.74) is 6.54. The van der Waals surface area contributed by atoms with Gasteiger partial charge in [-0.1, -0.05) is 35.3 Å². The molecule has 0 fully saturated rings. The zero-order chi connectivity index (χ0) is 9.14. The Morgan fingerprint density at radius 3 is 2.58 bits per heavy atom. The van der Waals surface area contributed by atoms with Gasteiger partial charge in [0.2, 0.25) is 0 Å². The van der Waals surface area contributed by atoms with Crippen molar-refractivity contribution in [2.24, 2.45) is 5.73 Å². The molecule has 0 aromatic heterocycles. The highest BCUT2D eigenvalue weighted by Gasteiger charge is 2.05. The van der Waals surface area contributed by atoms with E-state index in [4.69, 9.17) is 28.9 Å². The smallest absolute Gasteiger partial charge is 0.0493 e. The molecule has 0 amide bonds. The van der Waals surface area contributed by atoms with E-state index in [2.05, 4.69) is 6.58 Å². The Morgan fingerprint density at radius 2 is 2.08 bits per heavy atom. The van der Waals surface area contributed by atoms with Gasteiger partial charge in [-0.25, -0.2) is 0 Å². The maximum absolute atomic E-state index is 5.89. The van der Waals surface area contributed by atoms with Crippen molar-refractivity contribution < 1.29 is 0 Å². The number of nitrogens with two attached hydrogens (primary N) is 1. The molecule has 64 valence electrons. The maximum Gasteiger partial charge on any atom is 0.0493 e. The summed E-state index contributed by atoms with van der Waals surface area (Å²) in [6.45, 7) is 3.58. The molecule has 1 atom stereocenters. The van der Waals surface area contributed by atoms with Crippen LogP contribution in [-0.2, 0) is 0 Å². The summed E-state index contributed by atoms with van der Waals surface area (Å²) < 4.78 is 0. The Balaban J connectivity index is 3.09. The first kappa shape index (κ1) is 9.59. The molecule has 0 saturated carbocycles. The van der Waals surface area contributed by atoms with Gasteiger partial charge in [-0.2, -0.15) is 0 Å². The molecule has 0 aliphatic heterocycles. The van der Waals surface area contributed by atoms with Gasteiger partial charge in [0.25, 0.3) is 0 Å². The quantitative estimate of drug-likeness (QED) is 0.732. The summed E-state index contributed by atoms with van der Waals surface area (Å²) in [7, 11) is 0. The zero-order valence-corrected chi connectivity index (χ0v) is 7.94. The summed E-state index contributed by atoms with van der Waals surface area (Å²) in [4.78, 5) is 0. The highest BCUT2D eigenvalue weighted by atomic mass is 35.5. The van der Waals surface area contributed by atoms with Crippen LogP contribution in [0.1, 0.15) is 11.6 Å². The van der Waals surface area contributed by atoms with E-state index < -0.39 is 0 Å². The lowest BCUT2D eigenvalue weighted by Gasteiger charge is -2.08. The summed E-state index contributed by atoms with van der Waals surface area (Å²) >= 11 is 11.6. The molecular weight excluding hydrogens is 193 g/mol. The van der Waals surface area contributed by atoms with Crippen molar-refractivity contribution in [3.05, 3.63) is 46.5 Å². The normalized spacial score (nSPS) is 12.6. The van der Waals surface area contributed by atoms with E-state index in [-0.39, 0.29) is 6.04 Å². The van der Waals surface area contributed by atoms with Gasteiger partial charge in [-0.3, -0.25) is 0 Å². The van der Waals surface area contributed by atoms with Crippen molar-refractivity contribution in [1.29, 1.82) is 0 Å². The summed E-state index contributed by atoms with van der Waals surface area (Å²) in [5, 5.41) is 1.19. The van der Waals surface area contributed by atoms with Gasteiger partial charge in [0, 0.05) is 16.1 Å². The van der Waals surface area contributed by atoms with Crippen LogP contribution in [0.4, 0.5) is 0 Å². The number of rotatable bonds is 2. The SMILES string of the molecule is C=C[C@H](N)c1ccc(Cl)cc1Cl. The van der Waals surface area contributed by atoms with Crippen molar-refractivity contribution >= 4 is 23.2 Å². The van der Waals surface area contributed by atoms with Crippen LogP contribution < -0.4 is 5.73 Å². The zero-order valence-electron chi connectivity index (χ0n) is 6.43. The first-order valence-electron chi connectivity index (χ1n) is 3.48. The molecule has 3 heteroatoms. The van der Waals surface area contributed by atoms with Gasteiger partial charge in [0.1, 0.15) is 0 Å². The van der Waals surface area contributed by atoms with Gasteiger partial charge >= 0.3 is 0 Å². The van der Waals surface area contributed by atoms with Gasteiger partial charge in [-0.15, -0.1) is 6.58 Å². The summed E-state index contributed by atoms with van der Waals surface area (Å²) in [6.07, 6.45) is 1.63. The molecule has 2 N–H and O–H groups in total. The van der Waals surface area contributed by atoms with E-state index in [1.165, 1.54) is 0 Å². The molecule has 0 radical (unpaired) electrons. The van der Waals surface area contributed by atoms with E-state index in [0.717, 1.165) is 5.56 Å². The Labute approximate surface area is 81.8 Å². The molecule has 0 unspecified atom stereocenters. The first-order chi connectivity index (χ1) is 5.65. The molecule has 0 saturated heterocycles. The van der Waals surface area contributed by atoms with Crippen molar-refractivity contribution in [1.82, 2.24) is 0 Å². The van der Waals surface area contributed by atoms with Crippen molar-refractivity contribution in [3.63, 3.8) is 0 Å². The fraction of sp³-hybridized carbons (Fsp3) is 0.111. The number of hydrogen-bond donors (Lipinski definition) is 1. The monoisotopic (exact) mass is 201 g/mol. The van der Waals surface area contributed by atoms with Crippen molar-refractivity contribution in [2.45, 2.75) is 6.04 Å². The van der Waals surface area contributed by atoms with Crippen LogP contribution in [0.25, 0.3) is 0 Å². The lowest BCUT2D eigenvalue weighted by Crippen LogP contribution is -2.06. The van der Waals surface area contributed by atoms with E-state index in [1.54, 1.807) is 24.3 Å². The Kier molecular flexibility index (Phi) is 3.15. The van der Waals surface area contributed by atoms with Gasteiger partial charge in [-0.05, 0) is 17.7 Å². The predicted molar refractivity (Wildman–Crippen MR) is 53.6 cm³/mol. The van der Waals surface area contributed by atoms with Gasteiger partial charge < -0.3 is 5.73 Å². The fourth-order valence-electron chi connectivity index (χ4n) is 0.899. The van der Waals surface area contributed by atoms with E-state index in [0.29, 0.717) is 10.0 Å². The highest BCUT2D eigenvalue weighted by molar-refractivity contribution is 6.35. The predicted octanol–water partition coefficient (Wildman–Crippen LogP) is 3.18. The molecule has 1 aromatic carbocycles. The Bertz CT molecular complexity index is 297. The van der Waals surface area contributed by atoms with Crippen LogP contribution in [0.3, 0.4) is 0 Å². The number of halogens is 2. The molecule has 1 rings (SSSR count). The van der Waals surface area contributed by atoms with Crippen LogP contribution in [0.2, 0.25) is 10.0 Å². The molecular formula is C9H9Cl2N. The molecule has 12 heavy (non-hydrogen) atoms. The third kappa shape index (κ3) is 2.01. The number of benzene rings is 1. The average Bonchev–Trinajstić information content (AvgIpc) is 2.03. The second-order valence-electron chi connectivity index (χ2n) is 2.43. The third-order valence-corrected chi connectivity index (χ3v) is 2.14. The summed E-state index contributed by atoms with van der Waals surface area (Å²) in [6, 6.07) is 5.00. The van der Waals surface area contributed by atoms with Crippen LogP contribution >= 0.6 is 23.2 Å². The minimum Gasteiger partial charge on any atom is -0.321 e. The average molecular weight is 202 g/mol. The van der Waals surface area contributed by atoms with Crippen molar-refractivity contribution in [3.8, 4) is 0 Å². The molecule has 1 nitrogen and oxygen atoms in total. The van der Waals surface area contributed by atoms with Crippen molar-refractivity contribution in [2.75, 3.05) is 0 Å². The van der Waals surface area contributed by atoms with Gasteiger partial charge in [0.15, 0.2) is 0 Å². The fourth-order valence-corrected chi connectivity index (χ4v) is 1.43. The first-order valence-corrected chi connectivity index (χ1v) is 4.24. The highest BCUT2D eigenvalue weighted by Crippen LogP contribution is 2.25. The van der Waals surface area contributed by atoms with Crippen LogP contribution in [0.15, 0.2) is 30.9 Å². The van der Waals surface area contributed by atoms with E-state index in [9.17, 15) is 0 Å². The maximum atomic E-state index is 5.89. The minimum absolute atomic E-state index is 0.227. The topological polar surface area (TPSA) is 26.0 Å². The van der Waals surface area contributed by atoms with Crippen LogP contribution in [0.5, 0.6) is 0 Å². The Morgan fingerprint density at radius 1 is 1.42 bits per heavy atom. The molecule has 0 spiro atoms. The third-order valence-electron chi connectivity index (χ3n) is 1.58. The van der Waals surface area contributed by atoms with Crippen LogP contribution in [-0.4, -0.2) is 0 Å². The largest absolute Gasteiger partial charge is 0.321 e. The second kappa shape index (κ2) is 3.94. The molecule has 1 aromatic rings. The lowest BCUT2D eigenvalue weighted by molar-refractivity contribution is 0.915. The van der Waals surface area contributed by atoms with E-state index in [1.807, 2.05) is 0 Å². The van der Waals surface area contributed by atoms with Gasteiger partial charge in [0.05, 0.1) is 0 Å². The molecule has 0 heterocycles. The minimum atomic E-state index is -0.227. The molecule has 0 bridgehead atoms. The van der Waals surface area contributed by atoms with E-state index >= 15 is 0 Å².